The molecule has 0 aliphatic rings. The quantitative estimate of drug-likeness (QED) is 0.157. The molecule has 17 heteroatoms. The van der Waals surface area contributed by atoms with Gasteiger partial charge in [0.1, 0.15) is 12.1 Å². The fraction of sp³-hybridized carbons (Fsp3) is 0.312. The molecule has 3 aromatic heterocycles. The van der Waals surface area contributed by atoms with E-state index in [1.165, 1.54) is 0 Å². The first-order valence-electron chi connectivity index (χ1n) is 14.9. The van der Waals surface area contributed by atoms with Crippen LogP contribution in [0.4, 0.5) is 23.2 Å². The predicted octanol–water partition coefficient (Wildman–Crippen LogP) is 5.18. The molecule has 0 bridgehead atoms. The first kappa shape index (κ1) is 36.3. The Morgan fingerprint density at radius 2 is 1.86 bits per heavy atom. The van der Waals surface area contributed by atoms with Gasteiger partial charge in [-0.3, -0.25) is 4.98 Å². The number of ether oxygens (including phenoxy) is 1. The molecule has 49 heavy (non-hydrogen) atoms. The first-order valence-corrected chi connectivity index (χ1v) is 14.9. The van der Waals surface area contributed by atoms with Crippen LogP contribution >= 0.6 is 0 Å². The number of aromatic amines is 1. The number of likely N-dealkylation sites (N-methyl/N-ethyl adjacent to an activating group) is 1. The summed E-state index contributed by atoms with van der Waals surface area (Å²) >= 11 is 0. The van der Waals surface area contributed by atoms with Gasteiger partial charge in [0.15, 0.2) is 23.2 Å². The lowest BCUT2D eigenvalue weighted by atomic mass is 10.00. The lowest BCUT2D eigenvalue weighted by Gasteiger charge is -2.23. The summed E-state index contributed by atoms with van der Waals surface area (Å²) in [5.74, 6) is -1.68. The van der Waals surface area contributed by atoms with Crippen LogP contribution < -0.4 is 15.7 Å². The van der Waals surface area contributed by atoms with Gasteiger partial charge in [0.25, 0.3) is 0 Å². The number of alkyl halides is 3. The normalized spacial score (nSPS) is 12.6. The molecule has 3 heterocycles. The molecule has 0 saturated heterocycles. The molecule has 0 spiro atoms. The smallest absolute Gasteiger partial charge is 0.486 e. The fourth-order valence-electron chi connectivity index (χ4n) is 4.64. The van der Waals surface area contributed by atoms with Crippen LogP contribution in [0.1, 0.15) is 42.7 Å². The number of aryl methyl sites for hydroxylation is 2. The van der Waals surface area contributed by atoms with Gasteiger partial charge in [-0.15, -0.1) is 5.10 Å². The Morgan fingerprint density at radius 1 is 1.16 bits per heavy atom. The molecule has 260 valence electrons. The van der Waals surface area contributed by atoms with Gasteiger partial charge in [-0.1, -0.05) is 24.2 Å². The number of pyridine rings is 1. The Labute approximate surface area is 277 Å². The van der Waals surface area contributed by atoms with Crippen LogP contribution in [0.5, 0.6) is 5.75 Å². The molecule has 0 fully saturated rings. The van der Waals surface area contributed by atoms with Gasteiger partial charge in [0.2, 0.25) is 11.7 Å². The molecule has 0 radical (unpaired) electrons. The maximum Gasteiger partial charge on any atom is 0.490 e. The molecule has 0 aliphatic carbocycles. The Hall–Kier alpha value is -5.58. The van der Waals surface area contributed by atoms with Crippen LogP contribution in [-0.2, 0) is 11.2 Å². The Bertz CT molecular complexity index is 1910. The van der Waals surface area contributed by atoms with E-state index in [2.05, 4.69) is 30.5 Å². The molecular formula is C32H34F4N8O5. The monoisotopic (exact) mass is 686 g/mol. The van der Waals surface area contributed by atoms with Gasteiger partial charge < -0.3 is 24.6 Å². The highest BCUT2D eigenvalue weighted by atomic mass is 19.4. The van der Waals surface area contributed by atoms with E-state index >= 15 is 4.39 Å². The van der Waals surface area contributed by atoms with E-state index in [1.54, 1.807) is 43.5 Å². The van der Waals surface area contributed by atoms with Crippen molar-refractivity contribution >= 4 is 11.7 Å². The summed E-state index contributed by atoms with van der Waals surface area (Å²) < 4.78 is 60.3. The number of hydrogen-bond donors (Lipinski definition) is 3. The molecule has 0 amide bonds. The zero-order valence-electron chi connectivity index (χ0n) is 27.1. The third-order valence-corrected chi connectivity index (χ3v) is 6.80. The zero-order chi connectivity index (χ0) is 35.9. The molecular weight excluding hydrogens is 652 g/mol. The van der Waals surface area contributed by atoms with Crippen LogP contribution in [-0.4, -0.2) is 78.8 Å². The number of rotatable bonds is 11. The summed E-state index contributed by atoms with van der Waals surface area (Å²) in [5, 5.41) is 19.0. The van der Waals surface area contributed by atoms with Crippen LogP contribution in [0.15, 0.2) is 70.1 Å². The Kier molecular flexibility index (Phi) is 11.5. The van der Waals surface area contributed by atoms with Crippen LogP contribution in [0.25, 0.3) is 17.2 Å². The van der Waals surface area contributed by atoms with E-state index in [4.69, 9.17) is 19.2 Å². The number of carboxylic acid groups (broad SMARTS) is 1. The van der Waals surface area contributed by atoms with Gasteiger partial charge in [-0.05, 0) is 75.5 Å². The van der Waals surface area contributed by atoms with Crippen molar-refractivity contribution in [2.24, 2.45) is 0 Å². The van der Waals surface area contributed by atoms with E-state index < -0.39 is 29.7 Å². The highest BCUT2D eigenvalue weighted by molar-refractivity contribution is 5.73. The summed E-state index contributed by atoms with van der Waals surface area (Å²) in [5.41, 5.74) is 2.07. The zero-order valence-corrected chi connectivity index (χ0v) is 27.1. The maximum absolute atomic E-state index is 16.3. The number of halogens is 4. The topological polar surface area (TPSA) is 164 Å². The van der Waals surface area contributed by atoms with E-state index in [0.29, 0.717) is 36.2 Å². The van der Waals surface area contributed by atoms with Crippen molar-refractivity contribution in [3.8, 4) is 23.0 Å². The minimum atomic E-state index is -5.08. The van der Waals surface area contributed by atoms with Crippen molar-refractivity contribution in [1.29, 1.82) is 0 Å². The van der Waals surface area contributed by atoms with Crippen molar-refractivity contribution in [3.05, 3.63) is 99.9 Å². The van der Waals surface area contributed by atoms with Gasteiger partial charge in [-0.25, -0.2) is 19.0 Å². The molecule has 0 saturated carbocycles. The number of carboxylic acids is 1. The van der Waals surface area contributed by atoms with E-state index in [9.17, 15) is 18.0 Å². The molecule has 3 N–H and O–H groups in total. The second-order valence-corrected chi connectivity index (χ2v) is 11.1. The highest BCUT2D eigenvalue weighted by Crippen LogP contribution is 2.33. The average molecular weight is 687 g/mol. The lowest BCUT2D eigenvalue weighted by molar-refractivity contribution is -0.192. The summed E-state index contributed by atoms with van der Waals surface area (Å²) in [4.78, 5) is 35.2. The fourth-order valence-corrected chi connectivity index (χ4v) is 4.64. The van der Waals surface area contributed by atoms with E-state index in [-0.39, 0.29) is 23.2 Å². The third-order valence-electron chi connectivity index (χ3n) is 6.80. The van der Waals surface area contributed by atoms with E-state index in [1.807, 2.05) is 57.1 Å². The molecule has 5 aromatic rings. The van der Waals surface area contributed by atoms with E-state index in [0.717, 1.165) is 15.8 Å². The molecule has 5 rings (SSSR count). The minimum absolute atomic E-state index is 0.139. The summed E-state index contributed by atoms with van der Waals surface area (Å²) in [7, 11) is 3.87. The van der Waals surface area contributed by atoms with Crippen molar-refractivity contribution in [2.75, 3.05) is 26.0 Å². The second-order valence-electron chi connectivity index (χ2n) is 11.1. The minimum Gasteiger partial charge on any atom is -0.486 e. The number of aliphatic carboxylic acids is 1. The number of aromatic nitrogens is 6. The number of benzene rings is 2. The molecule has 2 atom stereocenters. The molecule has 2 aromatic carbocycles. The largest absolute Gasteiger partial charge is 0.490 e. The van der Waals surface area contributed by atoms with Crippen LogP contribution in [0, 0.1) is 12.7 Å². The Morgan fingerprint density at radius 3 is 2.41 bits per heavy atom. The first-order chi connectivity index (χ1) is 23.2. The molecule has 13 nitrogen and oxygen atoms in total. The Balaban J connectivity index is 0.000000698. The van der Waals surface area contributed by atoms with Gasteiger partial charge in [-0.2, -0.15) is 22.8 Å². The van der Waals surface area contributed by atoms with Gasteiger partial charge in [0, 0.05) is 36.5 Å². The number of anilines is 1. The highest BCUT2D eigenvalue weighted by Gasteiger charge is 2.38. The number of carbonyl (C=O) groups is 1. The molecule has 0 aliphatic heterocycles. The summed E-state index contributed by atoms with van der Waals surface area (Å²) in [6.07, 6.45) is -3.12. The maximum atomic E-state index is 16.3. The van der Waals surface area contributed by atoms with Gasteiger partial charge in [0.05, 0.1) is 0 Å². The standard InChI is InChI=1S/C30H33FN8O3.C2HF3O2/c1-6-20-15-23(26(31)24(16-20)41-18(2)17-38(4)5)27(29-35-30(40)39(36-29)25-9-7-8-14-32-25)34-22-12-10-21(11-13-22)28-33-19(3)42-37-28;3-2(4,5)1(6)7/h7-16,18,27,34H,6,17H2,1-5H3,(H,35,36,40);(H,6,7). The van der Waals surface area contributed by atoms with Gasteiger partial charge >= 0.3 is 17.8 Å². The average Bonchev–Trinajstić information content (AvgIpc) is 3.66. The number of nitrogens with zero attached hydrogens (tertiary/aromatic N) is 6. The van der Waals surface area contributed by atoms with Crippen LogP contribution in [0.3, 0.4) is 0 Å². The van der Waals surface area contributed by atoms with Crippen LogP contribution in [0.2, 0.25) is 0 Å². The number of nitrogens with one attached hydrogen (secondary N) is 2. The van der Waals surface area contributed by atoms with Crippen molar-refractivity contribution < 1.29 is 36.7 Å². The van der Waals surface area contributed by atoms with Crippen molar-refractivity contribution in [2.45, 2.75) is 45.5 Å². The third kappa shape index (κ3) is 9.50. The molecule has 2 unspecified atom stereocenters. The summed E-state index contributed by atoms with van der Waals surface area (Å²) in [6, 6.07) is 15.1. The number of hydrogen-bond acceptors (Lipinski definition) is 10. The number of H-pyrrole nitrogens is 1. The van der Waals surface area contributed by atoms with Crippen molar-refractivity contribution in [3.63, 3.8) is 0 Å². The summed E-state index contributed by atoms with van der Waals surface area (Å²) in [6.45, 7) is 6.22. The lowest BCUT2D eigenvalue weighted by Crippen LogP contribution is -2.28. The second kappa shape index (κ2) is 15.5. The predicted molar refractivity (Wildman–Crippen MR) is 170 cm³/mol. The van der Waals surface area contributed by atoms with Crippen molar-refractivity contribution in [1.82, 2.24) is 34.8 Å². The SMILES string of the molecule is CCc1cc(OC(C)CN(C)C)c(F)c(C(Nc2ccc(-c3noc(C)n3)cc2)c2nn(-c3ccccn3)c(=O)[nH]2)c1.O=C(O)C(F)(F)F.